The number of nitrogens with one attached hydrogen (secondary N) is 1. The van der Waals surface area contributed by atoms with Crippen LogP contribution in [0, 0.1) is 20.8 Å². The van der Waals surface area contributed by atoms with Crippen molar-refractivity contribution in [2.75, 3.05) is 19.4 Å². The van der Waals surface area contributed by atoms with Crippen LogP contribution >= 0.6 is 0 Å². The first kappa shape index (κ1) is 17.2. The van der Waals surface area contributed by atoms with E-state index in [1.165, 1.54) is 26.4 Å². The molecule has 1 aromatic carbocycles. The maximum Gasteiger partial charge on any atom is 0.259 e. The Hall–Kier alpha value is -2.12. The molecule has 0 aliphatic heterocycles. The summed E-state index contributed by atoms with van der Waals surface area (Å²) in [6, 6.07) is 4.65. The molecule has 0 radical (unpaired) electrons. The summed E-state index contributed by atoms with van der Waals surface area (Å²) in [6.45, 7) is 5.34. The van der Waals surface area contributed by atoms with Crippen LogP contribution in [0.2, 0.25) is 0 Å². The lowest BCUT2D eigenvalue weighted by Crippen LogP contribution is -2.23. The van der Waals surface area contributed by atoms with Crippen LogP contribution in [-0.4, -0.2) is 32.7 Å². The van der Waals surface area contributed by atoms with E-state index in [0.717, 1.165) is 15.4 Å². The average molecular weight is 336 g/mol. The molecule has 0 saturated carbocycles. The first-order valence-corrected chi connectivity index (χ1v) is 8.48. The average Bonchev–Trinajstić information content (AvgIpc) is 2.89. The molecule has 7 heteroatoms. The molecule has 124 valence electrons. The summed E-state index contributed by atoms with van der Waals surface area (Å²) in [5.74, 6) is 0.173. The number of aryl methyl sites for hydroxylation is 2. The zero-order valence-corrected chi connectivity index (χ0v) is 14.6. The minimum Gasteiger partial charge on any atom is -0.469 e. The van der Waals surface area contributed by atoms with Crippen molar-refractivity contribution in [2.24, 2.45) is 0 Å². The highest BCUT2D eigenvalue weighted by Crippen LogP contribution is 2.26. The van der Waals surface area contributed by atoms with Gasteiger partial charge in [0.15, 0.2) is 0 Å². The summed E-state index contributed by atoms with van der Waals surface area (Å²) in [7, 11) is -0.633. The highest BCUT2D eigenvalue weighted by atomic mass is 32.2. The van der Waals surface area contributed by atoms with Crippen LogP contribution in [0.25, 0.3) is 0 Å². The third kappa shape index (κ3) is 3.30. The molecule has 6 nitrogen and oxygen atoms in total. The minimum absolute atomic E-state index is 0.143. The van der Waals surface area contributed by atoms with Gasteiger partial charge in [0.2, 0.25) is 10.0 Å². The number of sulfonamides is 1. The number of benzene rings is 1. The van der Waals surface area contributed by atoms with Crippen molar-refractivity contribution in [2.45, 2.75) is 25.7 Å². The summed E-state index contributed by atoms with van der Waals surface area (Å²) in [5.41, 5.74) is 2.49. The Morgan fingerprint density at radius 2 is 1.83 bits per heavy atom. The van der Waals surface area contributed by atoms with Crippen molar-refractivity contribution in [3.05, 3.63) is 46.9 Å². The summed E-state index contributed by atoms with van der Waals surface area (Å²) < 4.78 is 30.9. The second kappa shape index (κ2) is 6.17. The van der Waals surface area contributed by atoms with E-state index in [4.69, 9.17) is 4.42 Å². The summed E-state index contributed by atoms with van der Waals surface area (Å²) >= 11 is 0. The lowest BCUT2D eigenvalue weighted by Gasteiger charge is -2.16. The number of rotatable bonds is 4. The van der Waals surface area contributed by atoms with Gasteiger partial charge in [-0.3, -0.25) is 4.79 Å². The van der Waals surface area contributed by atoms with Gasteiger partial charge in [-0.2, -0.15) is 0 Å². The van der Waals surface area contributed by atoms with Crippen molar-refractivity contribution in [1.82, 2.24) is 4.31 Å². The molecule has 1 N–H and O–H groups in total. The highest BCUT2D eigenvalue weighted by molar-refractivity contribution is 7.89. The normalized spacial score (nSPS) is 11.7. The first-order valence-electron chi connectivity index (χ1n) is 7.04. The highest BCUT2D eigenvalue weighted by Gasteiger charge is 2.21. The van der Waals surface area contributed by atoms with Crippen LogP contribution in [0.4, 0.5) is 5.69 Å². The number of furan rings is 1. The van der Waals surface area contributed by atoms with E-state index in [1.807, 2.05) is 13.8 Å². The summed E-state index contributed by atoms with van der Waals surface area (Å²) in [5, 5.41) is 2.76. The van der Waals surface area contributed by atoms with Gasteiger partial charge in [0, 0.05) is 19.8 Å². The van der Waals surface area contributed by atoms with Gasteiger partial charge in [-0.15, -0.1) is 0 Å². The zero-order chi connectivity index (χ0) is 17.4. The van der Waals surface area contributed by atoms with Crippen LogP contribution in [0.3, 0.4) is 0 Å². The topological polar surface area (TPSA) is 79.6 Å². The third-order valence-corrected chi connectivity index (χ3v) is 5.56. The number of carbonyl (C=O) groups is 1. The molecule has 1 heterocycles. The van der Waals surface area contributed by atoms with Crippen molar-refractivity contribution in [1.29, 1.82) is 0 Å². The Bertz CT molecular complexity index is 851. The van der Waals surface area contributed by atoms with E-state index < -0.39 is 10.0 Å². The largest absolute Gasteiger partial charge is 0.469 e. The quantitative estimate of drug-likeness (QED) is 0.931. The van der Waals surface area contributed by atoms with Crippen molar-refractivity contribution in [3.8, 4) is 0 Å². The van der Waals surface area contributed by atoms with E-state index >= 15 is 0 Å². The van der Waals surface area contributed by atoms with Gasteiger partial charge in [0.05, 0.1) is 16.7 Å². The Labute approximate surface area is 136 Å². The number of hydrogen-bond donors (Lipinski definition) is 1. The van der Waals surface area contributed by atoms with Crippen LogP contribution < -0.4 is 5.32 Å². The van der Waals surface area contributed by atoms with E-state index in [0.29, 0.717) is 17.0 Å². The Balaban J connectivity index is 2.45. The van der Waals surface area contributed by atoms with E-state index in [9.17, 15) is 13.2 Å². The zero-order valence-electron chi connectivity index (χ0n) is 13.8. The standard InChI is InChI=1S/C16H20N2O4S/c1-10-8-13(23(20,21)18(4)5)9-15(11(10)2)17-16(19)14-6-7-22-12(14)3/h6-9H,1-5H3,(H,17,19). The van der Waals surface area contributed by atoms with Crippen molar-refractivity contribution >= 4 is 21.6 Å². The molecular formula is C16H20N2O4S. The molecule has 0 unspecified atom stereocenters. The molecule has 1 aromatic heterocycles. The maximum atomic E-state index is 12.3. The van der Waals surface area contributed by atoms with Crippen molar-refractivity contribution < 1.29 is 17.6 Å². The molecule has 0 aliphatic carbocycles. The second-order valence-electron chi connectivity index (χ2n) is 5.54. The van der Waals surface area contributed by atoms with Gasteiger partial charge in [-0.25, -0.2) is 12.7 Å². The molecule has 23 heavy (non-hydrogen) atoms. The van der Waals surface area contributed by atoms with Crippen LogP contribution in [-0.2, 0) is 10.0 Å². The number of carbonyl (C=O) groups excluding carboxylic acids is 1. The first-order chi connectivity index (χ1) is 10.6. The predicted molar refractivity (Wildman–Crippen MR) is 88.2 cm³/mol. The van der Waals surface area contributed by atoms with E-state index in [2.05, 4.69) is 5.32 Å². The molecule has 0 bridgehead atoms. The Morgan fingerprint density at radius 3 is 2.35 bits per heavy atom. The van der Waals surface area contributed by atoms with Crippen LogP contribution in [0.15, 0.2) is 33.8 Å². The molecule has 0 fully saturated rings. The fourth-order valence-corrected chi connectivity index (χ4v) is 3.14. The lowest BCUT2D eigenvalue weighted by atomic mass is 10.1. The summed E-state index contributed by atoms with van der Waals surface area (Å²) in [6.07, 6.45) is 1.44. The molecule has 0 saturated heterocycles. The molecule has 2 rings (SSSR count). The maximum absolute atomic E-state index is 12.3. The number of anilines is 1. The molecular weight excluding hydrogens is 316 g/mol. The summed E-state index contributed by atoms with van der Waals surface area (Å²) in [4.78, 5) is 12.5. The molecule has 0 spiro atoms. The lowest BCUT2D eigenvalue weighted by molar-refractivity contribution is 0.102. The monoisotopic (exact) mass is 336 g/mol. The van der Waals surface area contributed by atoms with Gasteiger partial charge in [0.25, 0.3) is 5.91 Å². The third-order valence-electron chi connectivity index (χ3n) is 3.77. The molecule has 2 aromatic rings. The fourth-order valence-electron chi connectivity index (χ4n) is 2.13. The number of hydrogen-bond acceptors (Lipinski definition) is 4. The van der Waals surface area contributed by atoms with Gasteiger partial charge in [-0.1, -0.05) is 0 Å². The predicted octanol–water partition coefficient (Wildman–Crippen LogP) is 2.71. The number of amides is 1. The molecule has 0 aliphatic rings. The number of nitrogens with zero attached hydrogens (tertiary/aromatic N) is 1. The van der Waals surface area contributed by atoms with Crippen LogP contribution in [0.1, 0.15) is 27.2 Å². The second-order valence-corrected chi connectivity index (χ2v) is 7.70. The van der Waals surface area contributed by atoms with Crippen molar-refractivity contribution in [3.63, 3.8) is 0 Å². The van der Waals surface area contributed by atoms with Gasteiger partial charge >= 0.3 is 0 Å². The SMILES string of the molecule is Cc1cc(S(=O)(=O)N(C)C)cc(NC(=O)c2ccoc2C)c1C. The van der Waals surface area contributed by atoms with Gasteiger partial charge in [-0.05, 0) is 50.1 Å². The molecule has 0 atom stereocenters. The van der Waals surface area contributed by atoms with E-state index in [1.54, 1.807) is 19.1 Å². The molecule has 1 amide bonds. The Kier molecular flexibility index (Phi) is 4.63. The fraction of sp³-hybridized carbons (Fsp3) is 0.312. The van der Waals surface area contributed by atoms with Crippen LogP contribution in [0.5, 0.6) is 0 Å². The minimum atomic E-state index is -3.57. The smallest absolute Gasteiger partial charge is 0.259 e. The van der Waals surface area contributed by atoms with Gasteiger partial charge in [0.1, 0.15) is 5.76 Å². The van der Waals surface area contributed by atoms with Gasteiger partial charge < -0.3 is 9.73 Å². The van der Waals surface area contributed by atoms with E-state index in [-0.39, 0.29) is 10.8 Å². The Morgan fingerprint density at radius 1 is 1.17 bits per heavy atom.